The number of rotatable bonds is 2. The van der Waals surface area contributed by atoms with Gasteiger partial charge in [0.05, 0.1) is 18.8 Å². The largest absolute Gasteiger partial charge is 0.480 e. The molecule has 1 aromatic rings. The van der Waals surface area contributed by atoms with Crippen molar-refractivity contribution in [2.24, 2.45) is 0 Å². The molecule has 1 aromatic carbocycles. The normalized spacial score (nSPS) is 30.9. The first-order valence-corrected chi connectivity index (χ1v) is 5.86. The molecule has 2 heterocycles. The molecule has 2 saturated heterocycles. The molecule has 4 heteroatoms. The number of carbonyl (C=O) groups is 1. The van der Waals surface area contributed by atoms with Gasteiger partial charge in [-0.1, -0.05) is 12.1 Å². The highest BCUT2D eigenvalue weighted by atomic mass is 16.5. The van der Waals surface area contributed by atoms with Crippen LogP contribution in [-0.4, -0.2) is 35.9 Å². The van der Waals surface area contributed by atoms with Crippen molar-refractivity contribution in [3.63, 3.8) is 0 Å². The highest BCUT2D eigenvalue weighted by molar-refractivity contribution is 5.81. The summed E-state index contributed by atoms with van der Waals surface area (Å²) < 4.78 is 5.49. The molecule has 0 radical (unpaired) electrons. The molecule has 2 aliphatic rings. The van der Waals surface area contributed by atoms with Gasteiger partial charge in [-0.05, 0) is 31.0 Å². The summed E-state index contributed by atoms with van der Waals surface area (Å²) in [5.74, 6) is -0.793. The fourth-order valence-corrected chi connectivity index (χ4v) is 2.90. The van der Waals surface area contributed by atoms with E-state index in [0.717, 1.165) is 17.7 Å². The second-order valence-corrected chi connectivity index (χ2v) is 4.79. The Bertz CT molecular complexity index is 460. The van der Waals surface area contributed by atoms with Gasteiger partial charge in [0.15, 0.2) is 6.04 Å². The fraction of sp³-hybridized carbons (Fsp3) is 0.462. The number of hydrogen-bond acceptors (Lipinski definition) is 3. The van der Waals surface area contributed by atoms with Crippen molar-refractivity contribution < 1.29 is 14.6 Å². The number of nitrogens with zero attached hydrogens (tertiary/aromatic N) is 1. The quantitative estimate of drug-likeness (QED) is 0.839. The van der Waals surface area contributed by atoms with Gasteiger partial charge in [0.2, 0.25) is 0 Å². The van der Waals surface area contributed by atoms with Gasteiger partial charge >= 0.3 is 5.97 Å². The van der Waals surface area contributed by atoms with Crippen LogP contribution in [0, 0.1) is 6.92 Å². The van der Waals surface area contributed by atoms with Crippen LogP contribution in [0.15, 0.2) is 24.3 Å². The molecule has 0 aliphatic carbocycles. The fourth-order valence-electron chi connectivity index (χ4n) is 2.90. The van der Waals surface area contributed by atoms with Crippen molar-refractivity contribution in [2.45, 2.75) is 31.5 Å². The van der Waals surface area contributed by atoms with Gasteiger partial charge < -0.3 is 14.7 Å². The maximum Gasteiger partial charge on any atom is 0.329 e. The lowest BCUT2D eigenvalue weighted by molar-refractivity contribution is -0.141. The third kappa shape index (κ3) is 1.60. The molecule has 17 heavy (non-hydrogen) atoms. The maximum absolute atomic E-state index is 11.3. The van der Waals surface area contributed by atoms with Crippen LogP contribution in [0.1, 0.15) is 12.0 Å². The van der Waals surface area contributed by atoms with Crippen LogP contribution in [0.5, 0.6) is 0 Å². The monoisotopic (exact) mass is 233 g/mol. The van der Waals surface area contributed by atoms with Gasteiger partial charge in [0, 0.05) is 5.69 Å². The minimum absolute atomic E-state index is 0.155. The Balaban J connectivity index is 1.98. The smallest absolute Gasteiger partial charge is 0.329 e. The molecule has 1 N–H and O–H groups in total. The summed E-state index contributed by atoms with van der Waals surface area (Å²) in [6.07, 6.45) is 0.670. The highest BCUT2D eigenvalue weighted by Gasteiger charge is 2.50. The molecule has 4 nitrogen and oxygen atoms in total. The lowest BCUT2D eigenvalue weighted by Gasteiger charge is -2.34. The lowest BCUT2D eigenvalue weighted by atomic mass is 10.1. The number of carboxylic acids is 1. The lowest BCUT2D eigenvalue weighted by Crippen LogP contribution is -2.50. The van der Waals surface area contributed by atoms with E-state index in [4.69, 9.17) is 4.74 Å². The average molecular weight is 233 g/mol. The molecule has 3 atom stereocenters. The maximum atomic E-state index is 11.3. The first kappa shape index (κ1) is 10.6. The van der Waals surface area contributed by atoms with Gasteiger partial charge in [-0.15, -0.1) is 0 Å². The summed E-state index contributed by atoms with van der Waals surface area (Å²) in [6.45, 7) is 2.66. The zero-order valence-corrected chi connectivity index (χ0v) is 9.67. The van der Waals surface area contributed by atoms with Crippen molar-refractivity contribution in [1.29, 1.82) is 0 Å². The zero-order chi connectivity index (χ0) is 12.0. The summed E-state index contributed by atoms with van der Waals surface area (Å²) in [5.41, 5.74) is 2.14. The Morgan fingerprint density at radius 2 is 2.35 bits per heavy atom. The Morgan fingerprint density at radius 1 is 1.53 bits per heavy atom. The van der Waals surface area contributed by atoms with Crippen molar-refractivity contribution in [3.05, 3.63) is 29.8 Å². The number of hydrogen-bond donors (Lipinski definition) is 1. The second kappa shape index (κ2) is 3.74. The number of morpholine rings is 1. The minimum atomic E-state index is -0.793. The summed E-state index contributed by atoms with van der Waals surface area (Å²) in [7, 11) is 0. The molecule has 3 rings (SSSR count). The van der Waals surface area contributed by atoms with Crippen LogP contribution in [0.3, 0.4) is 0 Å². The molecule has 2 aliphatic heterocycles. The number of aliphatic carboxylic acids is 1. The number of carboxylic acid groups (broad SMARTS) is 1. The standard InChI is InChI=1S/C13H15NO3/c1-8-3-2-4-9(5-8)14-10-6-11(17-7-10)12(14)13(15)16/h2-5,10-12H,6-7H2,1H3,(H,15,16). The van der Waals surface area contributed by atoms with Gasteiger partial charge in [-0.25, -0.2) is 4.79 Å². The first-order valence-electron chi connectivity index (χ1n) is 5.86. The Hall–Kier alpha value is -1.55. The number of ether oxygens (including phenoxy) is 1. The van der Waals surface area contributed by atoms with Gasteiger partial charge in [-0.3, -0.25) is 0 Å². The van der Waals surface area contributed by atoms with E-state index in [-0.39, 0.29) is 12.1 Å². The van der Waals surface area contributed by atoms with E-state index in [0.29, 0.717) is 6.61 Å². The molecule has 0 amide bonds. The van der Waals surface area contributed by atoms with E-state index >= 15 is 0 Å². The summed E-state index contributed by atoms with van der Waals surface area (Å²) in [5, 5.41) is 9.31. The van der Waals surface area contributed by atoms with E-state index in [2.05, 4.69) is 0 Å². The predicted molar refractivity (Wildman–Crippen MR) is 63.2 cm³/mol. The molecule has 0 aromatic heterocycles. The van der Waals surface area contributed by atoms with Crippen LogP contribution in [0.4, 0.5) is 5.69 Å². The van der Waals surface area contributed by atoms with Crippen molar-refractivity contribution in [1.82, 2.24) is 0 Å². The SMILES string of the molecule is Cc1cccc(N2C3COC(C3)C2C(=O)O)c1. The van der Waals surface area contributed by atoms with Crippen molar-refractivity contribution >= 4 is 11.7 Å². The minimum Gasteiger partial charge on any atom is -0.480 e. The highest BCUT2D eigenvalue weighted by Crippen LogP contribution is 2.37. The molecule has 0 spiro atoms. The van der Waals surface area contributed by atoms with E-state index in [9.17, 15) is 9.90 Å². The molecule has 0 saturated carbocycles. The van der Waals surface area contributed by atoms with E-state index in [1.165, 1.54) is 0 Å². The van der Waals surface area contributed by atoms with Crippen LogP contribution < -0.4 is 4.90 Å². The van der Waals surface area contributed by atoms with Crippen LogP contribution >= 0.6 is 0 Å². The third-order valence-corrected chi connectivity index (χ3v) is 3.61. The average Bonchev–Trinajstić information content (AvgIpc) is 2.88. The second-order valence-electron chi connectivity index (χ2n) is 4.79. The Morgan fingerprint density at radius 3 is 3.06 bits per heavy atom. The van der Waals surface area contributed by atoms with E-state index in [1.54, 1.807) is 0 Å². The summed E-state index contributed by atoms with van der Waals surface area (Å²) >= 11 is 0. The molecule has 2 fully saturated rings. The number of fused-ring (bicyclic) bond motifs is 2. The molecular formula is C13H15NO3. The van der Waals surface area contributed by atoms with Crippen LogP contribution in [-0.2, 0) is 9.53 Å². The first-order chi connectivity index (χ1) is 8.16. The van der Waals surface area contributed by atoms with Gasteiger partial charge in [0.1, 0.15) is 0 Å². The van der Waals surface area contributed by atoms with Gasteiger partial charge in [0.25, 0.3) is 0 Å². The number of anilines is 1. The number of aryl methyl sites for hydroxylation is 1. The van der Waals surface area contributed by atoms with Crippen molar-refractivity contribution in [2.75, 3.05) is 11.5 Å². The van der Waals surface area contributed by atoms with E-state index < -0.39 is 12.0 Å². The summed E-state index contributed by atoms with van der Waals surface area (Å²) in [4.78, 5) is 13.3. The molecular weight excluding hydrogens is 218 g/mol. The number of benzene rings is 1. The molecule has 3 unspecified atom stereocenters. The van der Waals surface area contributed by atoms with Crippen molar-refractivity contribution in [3.8, 4) is 0 Å². The van der Waals surface area contributed by atoms with E-state index in [1.807, 2.05) is 36.1 Å². The Kier molecular flexibility index (Phi) is 2.33. The van der Waals surface area contributed by atoms with Crippen LogP contribution in [0.2, 0.25) is 0 Å². The predicted octanol–water partition coefficient (Wildman–Crippen LogP) is 1.43. The Labute approximate surface area is 99.8 Å². The zero-order valence-electron chi connectivity index (χ0n) is 9.67. The third-order valence-electron chi connectivity index (χ3n) is 3.61. The van der Waals surface area contributed by atoms with Gasteiger partial charge in [-0.2, -0.15) is 0 Å². The summed E-state index contributed by atoms with van der Waals surface area (Å²) in [6, 6.07) is 7.68. The molecule has 2 bridgehead atoms. The topological polar surface area (TPSA) is 49.8 Å². The molecule has 90 valence electrons. The van der Waals surface area contributed by atoms with Crippen LogP contribution in [0.25, 0.3) is 0 Å².